The molecule has 0 radical (unpaired) electrons. The van der Waals surface area contributed by atoms with Gasteiger partial charge in [-0.05, 0) is 31.4 Å². The van der Waals surface area contributed by atoms with E-state index in [2.05, 4.69) is 29.6 Å². The molecule has 2 rings (SSSR count). The first-order valence-corrected chi connectivity index (χ1v) is 6.12. The van der Waals surface area contributed by atoms with Crippen LogP contribution in [-0.2, 0) is 4.74 Å². The molecule has 2 heteroatoms. The van der Waals surface area contributed by atoms with Gasteiger partial charge < -0.3 is 10.1 Å². The second-order valence-corrected chi connectivity index (χ2v) is 4.57. The highest BCUT2D eigenvalue weighted by molar-refractivity contribution is 5.19. The summed E-state index contributed by atoms with van der Waals surface area (Å²) in [6.45, 7) is 0. The fraction of sp³-hybridized carbons (Fsp3) is 0.571. The molecule has 0 aliphatic heterocycles. The van der Waals surface area contributed by atoms with E-state index in [1.165, 1.54) is 24.8 Å². The van der Waals surface area contributed by atoms with Gasteiger partial charge in [0.2, 0.25) is 0 Å². The summed E-state index contributed by atoms with van der Waals surface area (Å²) in [5.74, 6) is 0.773. The van der Waals surface area contributed by atoms with E-state index in [4.69, 9.17) is 4.74 Å². The van der Waals surface area contributed by atoms with Crippen LogP contribution in [0.1, 0.15) is 30.9 Å². The monoisotopic (exact) mass is 219 g/mol. The van der Waals surface area contributed by atoms with Crippen molar-refractivity contribution >= 4 is 0 Å². The van der Waals surface area contributed by atoms with Crippen LogP contribution in [-0.4, -0.2) is 20.2 Å². The number of hydrogen-bond acceptors (Lipinski definition) is 2. The Balaban J connectivity index is 2.13. The Morgan fingerprint density at radius 1 is 1.25 bits per heavy atom. The zero-order chi connectivity index (χ0) is 11.4. The van der Waals surface area contributed by atoms with Gasteiger partial charge in [0.05, 0.1) is 6.10 Å². The molecule has 88 valence electrons. The average Bonchev–Trinajstić information content (AvgIpc) is 2.27. The molecular weight excluding hydrogens is 198 g/mol. The minimum Gasteiger partial charge on any atom is -0.375 e. The van der Waals surface area contributed by atoms with Gasteiger partial charge in [0.1, 0.15) is 0 Å². The molecule has 0 spiro atoms. The maximum Gasteiger partial charge on any atom is 0.0976 e. The number of methoxy groups -OCH3 is 1. The summed E-state index contributed by atoms with van der Waals surface area (Å²) < 4.78 is 5.68. The summed E-state index contributed by atoms with van der Waals surface area (Å²) in [7, 11) is 3.85. The van der Waals surface area contributed by atoms with E-state index in [9.17, 15) is 0 Å². The Kier molecular flexibility index (Phi) is 3.97. The number of likely N-dealkylation sites (N-methyl/N-ethyl adjacent to an activating group) is 1. The van der Waals surface area contributed by atoms with Crippen molar-refractivity contribution in [2.45, 2.75) is 31.4 Å². The molecule has 2 atom stereocenters. The molecule has 1 aromatic rings. The summed E-state index contributed by atoms with van der Waals surface area (Å²) in [6.07, 6.45) is 4.21. The highest BCUT2D eigenvalue weighted by Crippen LogP contribution is 2.36. The maximum atomic E-state index is 5.68. The molecule has 2 unspecified atom stereocenters. The number of benzene rings is 1. The van der Waals surface area contributed by atoms with E-state index in [0.717, 1.165) is 5.92 Å². The van der Waals surface area contributed by atoms with Gasteiger partial charge in [-0.3, -0.25) is 0 Å². The molecule has 1 aromatic carbocycles. The number of nitrogens with one attached hydrogen (secondary N) is 1. The predicted octanol–water partition coefficient (Wildman–Crippen LogP) is 2.76. The normalized spacial score (nSPS) is 20.1. The lowest BCUT2D eigenvalue weighted by Crippen LogP contribution is -2.42. The highest BCUT2D eigenvalue weighted by Gasteiger charge is 2.32. The van der Waals surface area contributed by atoms with Gasteiger partial charge in [0.15, 0.2) is 0 Å². The lowest BCUT2D eigenvalue weighted by molar-refractivity contribution is 0.0317. The number of hydrogen-bond donors (Lipinski definition) is 1. The summed E-state index contributed by atoms with van der Waals surface area (Å²) in [5, 5.41) is 3.43. The lowest BCUT2D eigenvalue weighted by atomic mass is 9.76. The molecule has 1 N–H and O–H groups in total. The van der Waals surface area contributed by atoms with Crippen LogP contribution in [0.5, 0.6) is 0 Å². The van der Waals surface area contributed by atoms with E-state index in [1.807, 2.05) is 13.1 Å². The molecule has 1 fully saturated rings. The molecule has 1 aliphatic carbocycles. The van der Waals surface area contributed by atoms with Crippen LogP contribution in [0.3, 0.4) is 0 Å². The first-order chi connectivity index (χ1) is 7.86. The van der Waals surface area contributed by atoms with Crippen molar-refractivity contribution in [3.05, 3.63) is 35.9 Å². The molecule has 0 amide bonds. The Morgan fingerprint density at radius 3 is 2.38 bits per heavy atom. The molecule has 0 heterocycles. The smallest absolute Gasteiger partial charge is 0.0976 e. The van der Waals surface area contributed by atoms with Gasteiger partial charge in [-0.1, -0.05) is 36.8 Å². The Bertz CT molecular complexity index is 308. The number of ether oxygens (including phenoxy) is 1. The fourth-order valence-corrected chi connectivity index (χ4v) is 2.57. The van der Waals surface area contributed by atoms with Crippen molar-refractivity contribution in [2.24, 2.45) is 5.92 Å². The zero-order valence-corrected chi connectivity index (χ0v) is 10.1. The van der Waals surface area contributed by atoms with Crippen LogP contribution in [0.25, 0.3) is 0 Å². The predicted molar refractivity (Wildman–Crippen MR) is 66.4 cm³/mol. The Hall–Kier alpha value is -0.860. The van der Waals surface area contributed by atoms with Crippen molar-refractivity contribution in [3.8, 4) is 0 Å². The summed E-state index contributed by atoms with van der Waals surface area (Å²) >= 11 is 0. The Labute approximate surface area is 98.0 Å². The molecule has 0 aromatic heterocycles. The zero-order valence-electron chi connectivity index (χ0n) is 10.1. The van der Waals surface area contributed by atoms with Gasteiger partial charge in [-0.15, -0.1) is 0 Å². The van der Waals surface area contributed by atoms with Gasteiger partial charge in [0, 0.05) is 13.2 Å². The minimum absolute atomic E-state index is 0.177. The van der Waals surface area contributed by atoms with Crippen molar-refractivity contribution in [1.82, 2.24) is 5.32 Å². The second kappa shape index (κ2) is 5.46. The van der Waals surface area contributed by atoms with Crippen molar-refractivity contribution in [3.63, 3.8) is 0 Å². The van der Waals surface area contributed by atoms with E-state index < -0.39 is 0 Å². The molecule has 16 heavy (non-hydrogen) atoms. The third kappa shape index (κ3) is 2.28. The molecule has 2 nitrogen and oxygen atoms in total. The number of rotatable bonds is 5. The van der Waals surface area contributed by atoms with Crippen LogP contribution >= 0.6 is 0 Å². The third-order valence-electron chi connectivity index (χ3n) is 3.70. The van der Waals surface area contributed by atoms with E-state index in [1.54, 1.807) is 7.11 Å². The van der Waals surface area contributed by atoms with Crippen molar-refractivity contribution in [1.29, 1.82) is 0 Å². The molecule has 1 aliphatic rings. The van der Waals surface area contributed by atoms with Crippen molar-refractivity contribution < 1.29 is 4.74 Å². The van der Waals surface area contributed by atoms with Gasteiger partial charge in [0.25, 0.3) is 0 Å². The average molecular weight is 219 g/mol. The highest BCUT2D eigenvalue weighted by atomic mass is 16.5. The third-order valence-corrected chi connectivity index (χ3v) is 3.70. The SMILES string of the molecule is CNC(C1CCC1)C(OC)c1ccccc1. The van der Waals surface area contributed by atoms with Gasteiger partial charge >= 0.3 is 0 Å². The molecule has 1 saturated carbocycles. The van der Waals surface area contributed by atoms with Crippen LogP contribution in [0.4, 0.5) is 0 Å². The quantitative estimate of drug-likeness (QED) is 0.822. The van der Waals surface area contributed by atoms with Crippen LogP contribution in [0.2, 0.25) is 0 Å². The fourth-order valence-electron chi connectivity index (χ4n) is 2.57. The largest absolute Gasteiger partial charge is 0.375 e. The van der Waals surface area contributed by atoms with Gasteiger partial charge in [-0.25, -0.2) is 0 Å². The second-order valence-electron chi connectivity index (χ2n) is 4.57. The van der Waals surface area contributed by atoms with E-state index in [-0.39, 0.29) is 6.10 Å². The summed E-state index contributed by atoms with van der Waals surface area (Å²) in [6, 6.07) is 11.0. The van der Waals surface area contributed by atoms with E-state index in [0.29, 0.717) is 6.04 Å². The minimum atomic E-state index is 0.177. The molecule has 0 bridgehead atoms. The molecular formula is C14H21NO. The first-order valence-electron chi connectivity index (χ1n) is 6.12. The standard InChI is InChI=1S/C14H21NO/c1-15-13(11-9-6-10-11)14(16-2)12-7-4-3-5-8-12/h3-5,7-8,11,13-15H,6,9-10H2,1-2H3. The van der Waals surface area contributed by atoms with Crippen LogP contribution < -0.4 is 5.32 Å². The van der Waals surface area contributed by atoms with Crippen molar-refractivity contribution in [2.75, 3.05) is 14.2 Å². The van der Waals surface area contributed by atoms with Crippen LogP contribution in [0.15, 0.2) is 30.3 Å². The summed E-state index contributed by atoms with van der Waals surface area (Å²) in [4.78, 5) is 0. The topological polar surface area (TPSA) is 21.3 Å². The summed E-state index contributed by atoms with van der Waals surface area (Å²) in [5.41, 5.74) is 1.27. The maximum absolute atomic E-state index is 5.68. The van der Waals surface area contributed by atoms with Crippen LogP contribution in [0, 0.1) is 5.92 Å². The Morgan fingerprint density at radius 2 is 1.94 bits per heavy atom. The van der Waals surface area contributed by atoms with Gasteiger partial charge in [-0.2, -0.15) is 0 Å². The van der Waals surface area contributed by atoms with E-state index >= 15 is 0 Å². The first kappa shape index (κ1) is 11.6. The lowest BCUT2D eigenvalue weighted by Gasteiger charge is -2.38. The molecule has 0 saturated heterocycles.